The van der Waals surface area contributed by atoms with Gasteiger partial charge in [-0.25, -0.2) is 4.39 Å². The van der Waals surface area contributed by atoms with E-state index < -0.39 is 0 Å². The maximum absolute atomic E-state index is 13.6. The van der Waals surface area contributed by atoms with Gasteiger partial charge in [-0.15, -0.1) is 0 Å². The third kappa shape index (κ3) is 2.37. The Labute approximate surface area is 104 Å². The van der Waals surface area contributed by atoms with Crippen molar-refractivity contribution in [1.82, 2.24) is 0 Å². The molecule has 2 aromatic carbocycles. The zero-order valence-corrected chi connectivity index (χ0v) is 9.96. The van der Waals surface area contributed by atoms with Crippen LogP contribution in [0.15, 0.2) is 42.5 Å². The Hall–Kier alpha value is -1.67. The van der Waals surface area contributed by atoms with Gasteiger partial charge in [0.1, 0.15) is 5.82 Å². The minimum absolute atomic E-state index is 0.102. The summed E-state index contributed by atoms with van der Waals surface area (Å²) < 4.78 is 13.6. The molecule has 3 heteroatoms. The summed E-state index contributed by atoms with van der Waals surface area (Å²) >= 11 is 5.98. The van der Waals surface area contributed by atoms with Gasteiger partial charge in [0.25, 0.3) is 0 Å². The highest BCUT2D eigenvalue weighted by atomic mass is 35.5. The standard InChI is InChI=1S/C14H10ClFO/c1-9(17)11-7-6-10(8-13(11)15)12-4-2-3-5-14(12)16/h2-8H,1H3. The molecular formula is C14H10ClFO. The maximum Gasteiger partial charge on any atom is 0.161 e. The fourth-order valence-electron chi connectivity index (χ4n) is 1.66. The van der Waals surface area contributed by atoms with Gasteiger partial charge in [0.05, 0.1) is 5.02 Å². The lowest BCUT2D eigenvalue weighted by atomic mass is 10.0. The van der Waals surface area contributed by atoms with Crippen molar-refractivity contribution in [1.29, 1.82) is 0 Å². The van der Waals surface area contributed by atoms with E-state index in [1.54, 1.807) is 36.4 Å². The van der Waals surface area contributed by atoms with Crippen LogP contribution < -0.4 is 0 Å². The van der Waals surface area contributed by atoms with Crippen LogP contribution in [0.3, 0.4) is 0 Å². The van der Waals surface area contributed by atoms with Gasteiger partial charge in [-0.05, 0) is 30.7 Å². The van der Waals surface area contributed by atoms with Crippen molar-refractivity contribution in [2.24, 2.45) is 0 Å². The summed E-state index contributed by atoms with van der Waals surface area (Å²) in [6, 6.07) is 11.4. The van der Waals surface area contributed by atoms with Crippen molar-refractivity contribution < 1.29 is 9.18 Å². The predicted octanol–water partition coefficient (Wildman–Crippen LogP) is 4.35. The fraction of sp³-hybridized carbons (Fsp3) is 0.0714. The summed E-state index contributed by atoms with van der Waals surface area (Å²) in [5.41, 5.74) is 1.59. The van der Waals surface area contributed by atoms with Crippen molar-refractivity contribution in [2.75, 3.05) is 0 Å². The van der Waals surface area contributed by atoms with Crippen LogP contribution in [0.2, 0.25) is 5.02 Å². The molecule has 0 saturated carbocycles. The molecule has 0 aromatic heterocycles. The molecule has 1 nitrogen and oxygen atoms in total. The fourth-order valence-corrected chi connectivity index (χ4v) is 1.98. The highest BCUT2D eigenvalue weighted by molar-refractivity contribution is 6.34. The Bertz CT molecular complexity index is 578. The SMILES string of the molecule is CC(=O)c1ccc(-c2ccccc2F)cc1Cl. The number of hydrogen-bond donors (Lipinski definition) is 0. The third-order valence-corrected chi connectivity index (χ3v) is 2.85. The Morgan fingerprint density at radius 2 is 1.88 bits per heavy atom. The number of Topliss-reactive ketones (excluding diaryl/α,β-unsaturated/α-hetero) is 1. The van der Waals surface area contributed by atoms with Crippen LogP contribution in [0, 0.1) is 5.82 Å². The summed E-state index contributed by atoms with van der Waals surface area (Å²) in [5.74, 6) is -0.408. The van der Waals surface area contributed by atoms with Gasteiger partial charge in [0.15, 0.2) is 5.78 Å². The first-order valence-electron chi connectivity index (χ1n) is 5.15. The van der Waals surface area contributed by atoms with E-state index in [2.05, 4.69) is 0 Å². The average Bonchev–Trinajstić information content (AvgIpc) is 2.29. The van der Waals surface area contributed by atoms with E-state index in [0.29, 0.717) is 21.7 Å². The normalized spacial score (nSPS) is 10.3. The molecule has 0 bridgehead atoms. The molecule has 0 aliphatic heterocycles. The van der Waals surface area contributed by atoms with E-state index in [9.17, 15) is 9.18 Å². The smallest absolute Gasteiger partial charge is 0.161 e. The quantitative estimate of drug-likeness (QED) is 0.722. The average molecular weight is 249 g/mol. The Morgan fingerprint density at radius 3 is 2.47 bits per heavy atom. The van der Waals surface area contributed by atoms with E-state index >= 15 is 0 Å². The van der Waals surface area contributed by atoms with Crippen LogP contribution in [-0.2, 0) is 0 Å². The number of carbonyl (C=O) groups excluding carboxylic acids is 1. The molecule has 2 aromatic rings. The van der Waals surface area contributed by atoms with E-state index in [1.807, 2.05) is 0 Å². The van der Waals surface area contributed by atoms with E-state index in [4.69, 9.17) is 11.6 Å². The van der Waals surface area contributed by atoms with Crippen molar-refractivity contribution >= 4 is 17.4 Å². The molecular weight excluding hydrogens is 239 g/mol. The first-order chi connectivity index (χ1) is 8.09. The van der Waals surface area contributed by atoms with Gasteiger partial charge in [-0.1, -0.05) is 35.9 Å². The second-order valence-corrected chi connectivity index (χ2v) is 4.14. The number of halogens is 2. The number of carbonyl (C=O) groups is 1. The Balaban J connectivity index is 2.52. The monoisotopic (exact) mass is 248 g/mol. The van der Waals surface area contributed by atoms with Crippen LogP contribution in [-0.4, -0.2) is 5.78 Å². The Kier molecular flexibility index (Phi) is 3.25. The number of benzene rings is 2. The molecule has 0 aliphatic rings. The van der Waals surface area contributed by atoms with Gasteiger partial charge in [0, 0.05) is 11.1 Å². The van der Waals surface area contributed by atoms with E-state index in [0.717, 1.165) is 0 Å². The van der Waals surface area contributed by atoms with E-state index in [-0.39, 0.29) is 11.6 Å². The summed E-state index contributed by atoms with van der Waals surface area (Å²) in [5, 5.41) is 0.346. The van der Waals surface area contributed by atoms with Crippen LogP contribution >= 0.6 is 11.6 Å². The lowest BCUT2D eigenvalue weighted by Gasteiger charge is -2.06. The van der Waals surface area contributed by atoms with Gasteiger partial charge < -0.3 is 0 Å². The molecule has 0 heterocycles. The van der Waals surface area contributed by atoms with Crippen molar-refractivity contribution in [3.63, 3.8) is 0 Å². The van der Waals surface area contributed by atoms with Gasteiger partial charge >= 0.3 is 0 Å². The summed E-state index contributed by atoms with van der Waals surface area (Å²) in [4.78, 5) is 11.2. The molecule has 17 heavy (non-hydrogen) atoms. The molecule has 0 N–H and O–H groups in total. The molecule has 0 radical (unpaired) electrons. The number of rotatable bonds is 2. The van der Waals surface area contributed by atoms with Crippen LogP contribution in [0.4, 0.5) is 4.39 Å². The zero-order valence-electron chi connectivity index (χ0n) is 9.21. The molecule has 0 spiro atoms. The summed E-state index contributed by atoms with van der Waals surface area (Å²) in [7, 11) is 0. The first-order valence-corrected chi connectivity index (χ1v) is 5.53. The molecule has 86 valence electrons. The number of ketones is 1. The first kappa shape index (κ1) is 11.8. The highest BCUT2D eigenvalue weighted by Crippen LogP contribution is 2.27. The van der Waals surface area contributed by atoms with Crippen LogP contribution in [0.25, 0.3) is 11.1 Å². The Morgan fingerprint density at radius 1 is 1.18 bits per heavy atom. The largest absolute Gasteiger partial charge is 0.294 e. The van der Waals surface area contributed by atoms with Crippen LogP contribution in [0.1, 0.15) is 17.3 Å². The number of hydrogen-bond acceptors (Lipinski definition) is 1. The van der Waals surface area contributed by atoms with Crippen molar-refractivity contribution in [3.05, 3.63) is 58.9 Å². The summed E-state index contributed by atoms with van der Waals surface area (Å²) in [6.07, 6.45) is 0. The second-order valence-electron chi connectivity index (χ2n) is 3.73. The van der Waals surface area contributed by atoms with Gasteiger partial charge in [-0.2, -0.15) is 0 Å². The van der Waals surface area contributed by atoms with Crippen molar-refractivity contribution in [2.45, 2.75) is 6.92 Å². The third-order valence-electron chi connectivity index (χ3n) is 2.53. The van der Waals surface area contributed by atoms with Crippen molar-refractivity contribution in [3.8, 4) is 11.1 Å². The zero-order chi connectivity index (χ0) is 12.4. The minimum atomic E-state index is -0.306. The predicted molar refractivity (Wildman–Crippen MR) is 66.9 cm³/mol. The molecule has 0 saturated heterocycles. The lowest BCUT2D eigenvalue weighted by molar-refractivity contribution is 0.101. The molecule has 0 amide bonds. The minimum Gasteiger partial charge on any atom is -0.294 e. The molecule has 0 atom stereocenters. The van der Waals surface area contributed by atoms with Gasteiger partial charge in [0.2, 0.25) is 0 Å². The topological polar surface area (TPSA) is 17.1 Å². The maximum atomic E-state index is 13.6. The molecule has 0 unspecified atom stereocenters. The van der Waals surface area contributed by atoms with Gasteiger partial charge in [-0.3, -0.25) is 4.79 Å². The second kappa shape index (κ2) is 4.68. The molecule has 2 rings (SSSR count). The highest BCUT2D eigenvalue weighted by Gasteiger charge is 2.09. The summed E-state index contributed by atoms with van der Waals surface area (Å²) in [6.45, 7) is 1.45. The van der Waals surface area contributed by atoms with E-state index in [1.165, 1.54) is 13.0 Å². The molecule has 0 aliphatic carbocycles. The lowest BCUT2D eigenvalue weighted by Crippen LogP contribution is -1.93. The molecule has 0 fully saturated rings. The van der Waals surface area contributed by atoms with Crippen LogP contribution in [0.5, 0.6) is 0 Å².